The Hall–Kier alpha value is -2.92. The first-order valence-corrected chi connectivity index (χ1v) is 7.16. The number of nitrogens with one attached hydrogen (secondary N) is 1. The fraction of sp³-hybridized carbons (Fsp3) is 0.462. The van der Waals surface area contributed by atoms with Crippen molar-refractivity contribution < 1.29 is 27.7 Å². The number of hydrogen-bond acceptors (Lipinski definition) is 6. The molecule has 0 atom stereocenters. The van der Waals surface area contributed by atoms with Crippen LogP contribution in [-0.4, -0.2) is 65.5 Å². The van der Waals surface area contributed by atoms with Crippen LogP contribution < -0.4 is 10.2 Å². The van der Waals surface area contributed by atoms with Crippen molar-refractivity contribution in [2.75, 3.05) is 37.6 Å². The highest BCUT2D eigenvalue weighted by atomic mass is 19.4. The van der Waals surface area contributed by atoms with E-state index in [-0.39, 0.29) is 18.8 Å². The van der Waals surface area contributed by atoms with Crippen molar-refractivity contribution in [2.24, 2.45) is 0 Å². The fourth-order valence-corrected chi connectivity index (χ4v) is 2.23. The Kier molecular flexibility index (Phi) is 5.39. The molecule has 1 aromatic heterocycles. The van der Waals surface area contributed by atoms with Crippen LogP contribution in [0.5, 0.6) is 0 Å². The van der Waals surface area contributed by atoms with Gasteiger partial charge in [-0.3, -0.25) is 19.7 Å². The van der Waals surface area contributed by atoms with Gasteiger partial charge in [0, 0.05) is 32.2 Å². The zero-order valence-electron chi connectivity index (χ0n) is 12.8. The molecule has 25 heavy (non-hydrogen) atoms. The van der Waals surface area contributed by atoms with E-state index in [4.69, 9.17) is 0 Å². The first kappa shape index (κ1) is 18.4. The number of halogens is 3. The lowest BCUT2D eigenvalue weighted by molar-refractivity contribution is -0.385. The molecule has 2 amide bonds. The van der Waals surface area contributed by atoms with Gasteiger partial charge in [0.1, 0.15) is 12.0 Å². The average molecular weight is 361 g/mol. The van der Waals surface area contributed by atoms with Gasteiger partial charge < -0.3 is 15.1 Å². The normalized spacial score (nSPS) is 15.0. The third kappa shape index (κ3) is 4.78. The predicted molar refractivity (Wildman–Crippen MR) is 78.7 cm³/mol. The molecule has 9 nitrogen and oxygen atoms in total. The van der Waals surface area contributed by atoms with E-state index in [1.807, 2.05) is 0 Å². The molecule has 1 fully saturated rings. The SMILES string of the molecule is O=C(CNC(=O)C(F)(F)F)N1CCN(c2ccc([N+](=O)[O-])cn2)CC1. The maximum absolute atomic E-state index is 12.1. The molecule has 0 bridgehead atoms. The number of aromatic nitrogens is 1. The van der Waals surface area contributed by atoms with Crippen LogP contribution in [0.25, 0.3) is 0 Å². The molecular formula is C13H14F3N5O4. The summed E-state index contributed by atoms with van der Waals surface area (Å²) in [6, 6.07) is 2.80. The number of carbonyl (C=O) groups is 2. The number of anilines is 1. The van der Waals surface area contributed by atoms with Crippen LogP contribution in [0.4, 0.5) is 24.7 Å². The van der Waals surface area contributed by atoms with Crippen molar-refractivity contribution in [3.63, 3.8) is 0 Å². The van der Waals surface area contributed by atoms with Crippen LogP contribution >= 0.6 is 0 Å². The van der Waals surface area contributed by atoms with E-state index in [9.17, 15) is 32.9 Å². The molecule has 1 N–H and O–H groups in total. The molecule has 0 aromatic carbocycles. The third-order valence-electron chi connectivity index (χ3n) is 3.56. The van der Waals surface area contributed by atoms with E-state index in [1.165, 1.54) is 22.3 Å². The number of pyridine rings is 1. The quantitative estimate of drug-likeness (QED) is 0.611. The maximum Gasteiger partial charge on any atom is 0.471 e. The maximum atomic E-state index is 12.1. The van der Waals surface area contributed by atoms with Crippen molar-refractivity contribution in [1.29, 1.82) is 0 Å². The summed E-state index contributed by atoms with van der Waals surface area (Å²) in [6.45, 7) is 0.473. The van der Waals surface area contributed by atoms with Crippen LogP contribution in [0, 0.1) is 10.1 Å². The van der Waals surface area contributed by atoms with Gasteiger partial charge in [-0.05, 0) is 6.07 Å². The van der Waals surface area contributed by atoms with E-state index in [0.717, 1.165) is 6.20 Å². The van der Waals surface area contributed by atoms with Crippen molar-refractivity contribution in [3.8, 4) is 0 Å². The molecule has 0 spiro atoms. The highest BCUT2D eigenvalue weighted by Gasteiger charge is 2.38. The average Bonchev–Trinajstić information content (AvgIpc) is 2.58. The van der Waals surface area contributed by atoms with Gasteiger partial charge in [0.05, 0.1) is 11.5 Å². The number of piperazine rings is 1. The molecule has 0 aliphatic carbocycles. The second kappa shape index (κ2) is 7.32. The van der Waals surface area contributed by atoms with Gasteiger partial charge in [0.25, 0.3) is 5.69 Å². The summed E-state index contributed by atoms with van der Waals surface area (Å²) in [5, 5.41) is 12.1. The van der Waals surface area contributed by atoms with Crippen LogP contribution in [0.2, 0.25) is 0 Å². The molecule has 1 aliphatic heterocycles. The molecule has 1 saturated heterocycles. The zero-order valence-corrected chi connectivity index (χ0v) is 12.8. The van der Waals surface area contributed by atoms with Crippen molar-refractivity contribution in [3.05, 3.63) is 28.4 Å². The summed E-state index contributed by atoms with van der Waals surface area (Å²) in [5.41, 5.74) is -0.141. The summed E-state index contributed by atoms with van der Waals surface area (Å²) in [7, 11) is 0. The molecule has 1 aliphatic rings. The first-order valence-electron chi connectivity index (χ1n) is 7.16. The van der Waals surface area contributed by atoms with Crippen LogP contribution in [0.1, 0.15) is 0 Å². The van der Waals surface area contributed by atoms with Crippen LogP contribution in [0.3, 0.4) is 0 Å². The summed E-state index contributed by atoms with van der Waals surface area (Å²) in [6.07, 6.45) is -3.90. The fourth-order valence-electron chi connectivity index (χ4n) is 2.23. The number of amides is 2. The molecule has 136 valence electrons. The van der Waals surface area contributed by atoms with Crippen LogP contribution in [0.15, 0.2) is 18.3 Å². The smallest absolute Gasteiger partial charge is 0.353 e. The molecule has 1 aromatic rings. The Morgan fingerprint density at radius 3 is 2.36 bits per heavy atom. The minimum Gasteiger partial charge on any atom is -0.353 e. The Morgan fingerprint density at radius 1 is 1.24 bits per heavy atom. The third-order valence-corrected chi connectivity index (χ3v) is 3.56. The summed E-state index contributed by atoms with van der Waals surface area (Å²) in [5.74, 6) is -2.27. The Labute approximate surface area is 139 Å². The monoisotopic (exact) mass is 361 g/mol. The van der Waals surface area contributed by atoms with Crippen LogP contribution in [-0.2, 0) is 9.59 Å². The van der Waals surface area contributed by atoms with E-state index in [0.29, 0.717) is 18.9 Å². The predicted octanol–water partition coefficient (Wildman–Crippen LogP) is 0.317. The zero-order chi connectivity index (χ0) is 18.6. The summed E-state index contributed by atoms with van der Waals surface area (Å²) in [4.78, 5) is 39.6. The molecule has 0 radical (unpaired) electrons. The van der Waals surface area contributed by atoms with Crippen molar-refractivity contribution in [2.45, 2.75) is 6.18 Å². The minimum atomic E-state index is -5.03. The highest BCUT2D eigenvalue weighted by molar-refractivity contribution is 5.87. The largest absolute Gasteiger partial charge is 0.471 e. The van der Waals surface area contributed by atoms with E-state index in [2.05, 4.69) is 4.98 Å². The van der Waals surface area contributed by atoms with Gasteiger partial charge in [-0.2, -0.15) is 13.2 Å². The molecule has 12 heteroatoms. The van der Waals surface area contributed by atoms with E-state index in [1.54, 1.807) is 4.90 Å². The number of rotatable bonds is 4. The second-order valence-corrected chi connectivity index (χ2v) is 5.18. The van der Waals surface area contributed by atoms with Gasteiger partial charge >= 0.3 is 12.1 Å². The number of alkyl halides is 3. The lowest BCUT2D eigenvalue weighted by atomic mass is 10.3. The van der Waals surface area contributed by atoms with Gasteiger partial charge in [-0.15, -0.1) is 0 Å². The number of hydrogen-bond donors (Lipinski definition) is 1. The van der Waals surface area contributed by atoms with E-state index < -0.39 is 29.5 Å². The molecule has 2 heterocycles. The second-order valence-electron chi connectivity index (χ2n) is 5.18. The molecule has 0 saturated carbocycles. The standard InChI is InChI=1S/C13H14F3N5O4/c14-13(15,16)12(23)18-8-11(22)20-5-3-19(4-6-20)10-2-1-9(7-17-10)21(24)25/h1-2,7H,3-6,8H2,(H,18,23). The Morgan fingerprint density at radius 2 is 1.88 bits per heavy atom. The Bertz CT molecular complexity index is 657. The number of nitrogens with zero attached hydrogens (tertiary/aromatic N) is 4. The van der Waals surface area contributed by atoms with Gasteiger partial charge in [0.2, 0.25) is 5.91 Å². The van der Waals surface area contributed by atoms with Gasteiger partial charge in [-0.1, -0.05) is 0 Å². The lowest BCUT2D eigenvalue weighted by Crippen LogP contribution is -2.52. The van der Waals surface area contributed by atoms with Crippen molar-refractivity contribution in [1.82, 2.24) is 15.2 Å². The summed E-state index contributed by atoms with van der Waals surface area (Å²) < 4.78 is 36.2. The topological polar surface area (TPSA) is 109 Å². The van der Waals surface area contributed by atoms with Crippen molar-refractivity contribution >= 4 is 23.3 Å². The number of nitro groups is 1. The highest BCUT2D eigenvalue weighted by Crippen LogP contribution is 2.17. The Balaban J connectivity index is 1.83. The number of carbonyl (C=O) groups excluding carboxylic acids is 2. The molecule has 2 rings (SSSR count). The van der Waals surface area contributed by atoms with E-state index >= 15 is 0 Å². The lowest BCUT2D eigenvalue weighted by Gasteiger charge is -2.35. The molecular weight excluding hydrogens is 347 g/mol. The van der Waals surface area contributed by atoms with Gasteiger partial charge in [-0.25, -0.2) is 4.98 Å². The summed E-state index contributed by atoms with van der Waals surface area (Å²) >= 11 is 0. The molecule has 0 unspecified atom stereocenters. The van der Waals surface area contributed by atoms with Gasteiger partial charge in [0.15, 0.2) is 0 Å². The minimum absolute atomic E-state index is 0.141. The first-order chi connectivity index (χ1) is 11.7.